The number of carbonyl (C=O) groups excluding carboxylic acids is 1. The predicted molar refractivity (Wildman–Crippen MR) is 115 cm³/mol. The largest absolute Gasteiger partial charge is 0.494 e. The van der Waals surface area contributed by atoms with E-state index in [0.717, 1.165) is 11.8 Å². The fourth-order valence-electron chi connectivity index (χ4n) is 3.63. The average Bonchev–Trinajstić information content (AvgIpc) is 2.74. The smallest absolute Gasteiger partial charge is 0.150 e. The SMILES string of the molecule is Cc1ccc(CC(CCCOc2ccc(C=O)cc2)c2c(F)cccc2F)cc1C. The summed E-state index contributed by atoms with van der Waals surface area (Å²) in [6.45, 7) is 4.52. The standard InChI is InChI=1S/C26H26F2O2/c1-18-8-9-21(15-19(18)2)16-22(26-24(27)6-3-7-25(26)28)5-4-14-30-23-12-10-20(17-29)11-13-23/h3,6-13,15,17,22H,4-5,14,16H2,1-2H3. The van der Waals surface area contributed by atoms with Gasteiger partial charge in [-0.3, -0.25) is 4.79 Å². The zero-order valence-electron chi connectivity index (χ0n) is 17.3. The van der Waals surface area contributed by atoms with Crippen molar-refractivity contribution in [2.75, 3.05) is 6.61 Å². The Morgan fingerprint density at radius 3 is 2.27 bits per heavy atom. The van der Waals surface area contributed by atoms with E-state index in [-0.39, 0.29) is 11.5 Å². The van der Waals surface area contributed by atoms with Crippen molar-refractivity contribution in [3.05, 3.63) is 100 Å². The molecule has 0 N–H and O–H groups in total. The van der Waals surface area contributed by atoms with Crippen molar-refractivity contribution in [3.63, 3.8) is 0 Å². The highest BCUT2D eigenvalue weighted by Crippen LogP contribution is 2.31. The second-order valence-corrected chi connectivity index (χ2v) is 7.63. The third kappa shape index (κ3) is 5.53. The van der Waals surface area contributed by atoms with Crippen LogP contribution < -0.4 is 4.74 Å². The molecule has 0 saturated carbocycles. The summed E-state index contributed by atoms with van der Waals surface area (Å²) in [5.41, 5.74) is 4.16. The zero-order valence-corrected chi connectivity index (χ0v) is 17.3. The Hall–Kier alpha value is -3.01. The van der Waals surface area contributed by atoms with E-state index in [1.54, 1.807) is 24.3 Å². The molecule has 0 fully saturated rings. The molecule has 0 aromatic heterocycles. The van der Waals surface area contributed by atoms with E-state index in [9.17, 15) is 13.6 Å². The molecular weight excluding hydrogens is 382 g/mol. The number of benzene rings is 3. The Balaban J connectivity index is 1.70. The third-order valence-corrected chi connectivity index (χ3v) is 5.44. The van der Waals surface area contributed by atoms with E-state index in [1.807, 2.05) is 26.0 Å². The summed E-state index contributed by atoms with van der Waals surface area (Å²) in [7, 11) is 0. The van der Waals surface area contributed by atoms with Crippen LogP contribution in [0, 0.1) is 25.5 Å². The minimum atomic E-state index is -0.505. The molecule has 3 aromatic rings. The van der Waals surface area contributed by atoms with Gasteiger partial charge in [0.25, 0.3) is 0 Å². The molecule has 4 heteroatoms. The van der Waals surface area contributed by atoms with Crippen LogP contribution in [-0.4, -0.2) is 12.9 Å². The molecule has 0 heterocycles. The Kier molecular flexibility index (Phi) is 7.34. The lowest BCUT2D eigenvalue weighted by Gasteiger charge is -2.20. The number of hydrogen-bond acceptors (Lipinski definition) is 2. The van der Waals surface area contributed by atoms with Gasteiger partial charge in [0.05, 0.1) is 6.61 Å². The second-order valence-electron chi connectivity index (χ2n) is 7.63. The van der Waals surface area contributed by atoms with Crippen LogP contribution >= 0.6 is 0 Å². The summed E-state index contributed by atoms with van der Waals surface area (Å²) in [5, 5.41) is 0. The van der Waals surface area contributed by atoms with Crippen LogP contribution in [0.1, 0.15) is 51.4 Å². The molecule has 0 amide bonds. The first-order chi connectivity index (χ1) is 14.5. The molecule has 0 spiro atoms. The maximum atomic E-state index is 14.5. The van der Waals surface area contributed by atoms with Crippen LogP contribution in [0.4, 0.5) is 8.78 Å². The van der Waals surface area contributed by atoms with Crippen molar-refractivity contribution >= 4 is 6.29 Å². The first-order valence-corrected chi connectivity index (χ1v) is 10.2. The average molecular weight is 408 g/mol. The van der Waals surface area contributed by atoms with E-state index >= 15 is 0 Å². The summed E-state index contributed by atoms with van der Waals surface area (Å²) >= 11 is 0. The van der Waals surface area contributed by atoms with E-state index in [4.69, 9.17) is 4.74 Å². The molecule has 0 radical (unpaired) electrons. The van der Waals surface area contributed by atoms with Crippen LogP contribution in [0.25, 0.3) is 0 Å². The molecule has 0 aliphatic heterocycles. The first kappa shape index (κ1) is 21.7. The van der Waals surface area contributed by atoms with Crippen molar-refractivity contribution in [2.24, 2.45) is 0 Å². The van der Waals surface area contributed by atoms with Crippen LogP contribution in [0.2, 0.25) is 0 Å². The number of rotatable bonds is 9. The summed E-state index contributed by atoms with van der Waals surface area (Å²) in [6, 6.07) is 17.1. The number of hydrogen-bond donors (Lipinski definition) is 0. The summed E-state index contributed by atoms with van der Waals surface area (Å²) < 4.78 is 34.7. The Morgan fingerprint density at radius 2 is 1.63 bits per heavy atom. The normalized spacial score (nSPS) is 11.9. The van der Waals surface area contributed by atoms with E-state index in [2.05, 4.69) is 6.07 Å². The Bertz CT molecular complexity index is 976. The number of carbonyl (C=O) groups is 1. The van der Waals surface area contributed by atoms with Gasteiger partial charge in [-0.1, -0.05) is 24.3 Å². The molecule has 1 atom stereocenters. The summed E-state index contributed by atoms with van der Waals surface area (Å²) in [5.74, 6) is -0.624. The monoisotopic (exact) mass is 408 g/mol. The van der Waals surface area contributed by atoms with Gasteiger partial charge in [0.15, 0.2) is 0 Å². The summed E-state index contributed by atoms with van der Waals surface area (Å²) in [4.78, 5) is 10.7. The molecule has 3 aromatic carbocycles. The van der Waals surface area contributed by atoms with Crippen molar-refractivity contribution in [1.82, 2.24) is 0 Å². The van der Waals surface area contributed by atoms with Gasteiger partial charge in [0, 0.05) is 11.1 Å². The molecule has 3 rings (SSSR count). The molecule has 30 heavy (non-hydrogen) atoms. The topological polar surface area (TPSA) is 26.3 Å². The Morgan fingerprint density at radius 1 is 0.933 bits per heavy atom. The van der Waals surface area contributed by atoms with Gasteiger partial charge in [0.1, 0.15) is 23.7 Å². The lowest BCUT2D eigenvalue weighted by molar-refractivity contribution is 0.112. The van der Waals surface area contributed by atoms with Gasteiger partial charge in [0.2, 0.25) is 0 Å². The lowest BCUT2D eigenvalue weighted by atomic mass is 9.87. The molecule has 0 saturated heterocycles. The van der Waals surface area contributed by atoms with Gasteiger partial charge in [-0.15, -0.1) is 0 Å². The van der Waals surface area contributed by atoms with Crippen molar-refractivity contribution in [1.29, 1.82) is 0 Å². The van der Waals surface area contributed by atoms with E-state index < -0.39 is 11.6 Å². The third-order valence-electron chi connectivity index (χ3n) is 5.44. The van der Waals surface area contributed by atoms with E-state index in [1.165, 1.54) is 29.3 Å². The summed E-state index contributed by atoms with van der Waals surface area (Å²) in [6.07, 6.45) is 2.59. The van der Waals surface area contributed by atoms with Crippen LogP contribution in [-0.2, 0) is 6.42 Å². The number of aryl methyl sites for hydroxylation is 2. The van der Waals surface area contributed by atoms with Crippen molar-refractivity contribution in [3.8, 4) is 5.75 Å². The fourth-order valence-corrected chi connectivity index (χ4v) is 3.63. The number of halogens is 2. The van der Waals surface area contributed by atoms with Crippen molar-refractivity contribution in [2.45, 2.75) is 39.0 Å². The molecule has 0 aliphatic carbocycles. The van der Waals surface area contributed by atoms with Gasteiger partial charge in [-0.25, -0.2) is 8.78 Å². The minimum Gasteiger partial charge on any atom is -0.494 e. The minimum absolute atomic E-state index is 0.145. The zero-order chi connectivity index (χ0) is 21.5. The highest BCUT2D eigenvalue weighted by Gasteiger charge is 2.20. The van der Waals surface area contributed by atoms with Gasteiger partial charge in [-0.05, 0) is 92.1 Å². The van der Waals surface area contributed by atoms with Crippen LogP contribution in [0.5, 0.6) is 5.75 Å². The van der Waals surface area contributed by atoms with Crippen LogP contribution in [0.3, 0.4) is 0 Å². The highest BCUT2D eigenvalue weighted by molar-refractivity contribution is 5.74. The maximum absolute atomic E-state index is 14.5. The van der Waals surface area contributed by atoms with E-state index in [0.29, 0.717) is 37.2 Å². The maximum Gasteiger partial charge on any atom is 0.150 e. The van der Waals surface area contributed by atoms with Gasteiger partial charge in [-0.2, -0.15) is 0 Å². The molecule has 1 unspecified atom stereocenters. The van der Waals surface area contributed by atoms with Gasteiger partial charge < -0.3 is 4.74 Å². The van der Waals surface area contributed by atoms with Gasteiger partial charge >= 0.3 is 0 Å². The highest BCUT2D eigenvalue weighted by atomic mass is 19.1. The quantitative estimate of drug-likeness (QED) is 0.295. The van der Waals surface area contributed by atoms with Crippen LogP contribution in [0.15, 0.2) is 60.7 Å². The Labute approximate surface area is 176 Å². The second kappa shape index (κ2) is 10.1. The van der Waals surface area contributed by atoms with Crippen molar-refractivity contribution < 1.29 is 18.3 Å². The molecule has 156 valence electrons. The molecule has 2 nitrogen and oxygen atoms in total. The molecule has 0 bridgehead atoms. The predicted octanol–water partition coefficient (Wildman–Crippen LogP) is 6.58. The fraction of sp³-hybridized carbons (Fsp3) is 0.269. The molecular formula is C26H26F2O2. The first-order valence-electron chi connectivity index (χ1n) is 10.2. The number of ether oxygens (including phenoxy) is 1. The molecule has 0 aliphatic rings. The number of aldehydes is 1. The lowest BCUT2D eigenvalue weighted by Crippen LogP contribution is -2.10.